The molecule has 96 valence electrons. The third-order valence-electron chi connectivity index (χ3n) is 2.51. The molecule has 4 nitrogen and oxygen atoms in total. The number of benzene rings is 1. The third-order valence-corrected chi connectivity index (χ3v) is 2.51. The van der Waals surface area contributed by atoms with Gasteiger partial charge in [-0.2, -0.15) is 5.26 Å². The number of nitrogens with zero attached hydrogens (tertiary/aromatic N) is 2. The molecule has 0 fully saturated rings. The molecule has 0 heterocycles. The zero-order valence-electron chi connectivity index (χ0n) is 10.3. The van der Waals surface area contributed by atoms with Crippen molar-refractivity contribution in [1.82, 2.24) is 10.2 Å². The van der Waals surface area contributed by atoms with Crippen molar-refractivity contribution in [3.8, 4) is 6.07 Å². The molecule has 1 rings (SSSR count). The first-order chi connectivity index (χ1) is 8.65. The highest BCUT2D eigenvalue weighted by Gasteiger charge is 2.07. The van der Waals surface area contributed by atoms with Gasteiger partial charge in [0.15, 0.2) is 0 Å². The van der Waals surface area contributed by atoms with Gasteiger partial charge in [-0.25, -0.2) is 4.39 Å². The highest BCUT2D eigenvalue weighted by Crippen LogP contribution is 2.01. The van der Waals surface area contributed by atoms with Gasteiger partial charge < -0.3 is 5.32 Å². The van der Waals surface area contributed by atoms with E-state index in [2.05, 4.69) is 5.32 Å². The minimum Gasteiger partial charge on any atom is -0.351 e. The number of hydrogen-bond acceptors (Lipinski definition) is 3. The fraction of sp³-hybridized carbons (Fsp3) is 0.385. The van der Waals surface area contributed by atoms with E-state index in [1.54, 1.807) is 17.0 Å². The summed E-state index contributed by atoms with van der Waals surface area (Å²) in [5.74, 6) is -0.437. The van der Waals surface area contributed by atoms with Crippen LogP contribution in [0.1, 0.15) is 12.5 Å². The molecular formula is C13H16FN3O. The Morgan fingerprint density at radius 2 is 2.11 bits per heavy atom. The van der Waals surface area contributed by atoms with Crippen LogP contribution >= 0.6 is 0 Å². The molecule has 0 unspecified atom stereocenters. The molecule has 1 amide bonds. The number of carbonyl (C=O) groups is 1. The van der Waals surface area contributed by atoms with Crippen LogP contribution in [0.15, 0.2) is 24.3 Å². The Kier molecular flexibility index (Phi) is 5.81. The molecule has 0 aliphatic heterocycles. The minimum absolute atomic E-state index is 0.142. The summed E-state index contributed by atoms with van der Waals surface area (Å²) in [5, 5.41) is 11.3. The van der Waals surface area contributed by atoms with Gasteiger partial charge in [-0.3, -0.25) is 9.69 Å². The molecule has 18 heavy (non-hydrogen) atoms. The summed E-state index contributed by atoms with van der Waals surface area (Å²) in [6, 6.07) is 7.98. The van der Waals surface area contributed by atoms with E-state index in [9.17, 15) is 9.18 Å². The number of hydrogen-bond donors (Lipinski definition) is 1. The number of nitrogens with one attached hydrogen (secondary N) is 1. The Morgan fingerprint density at radius 1 is 1.44 bits per heavy atom. The van der Waals surface area contributed by atoms with Gasteiger partial charge in [-0.15, -0.1) is 0 Å². The van der Waals surface area contributed by atoms with Crippen molar-refractivity contribution >= 4 is 5.91 Å². The first-order valence-corrected chi connectivity index (χ1v) is 5.76. The van der Waals surface area contributed by atoms with Crippen molar-refractivity contribution in [3.63, 3.8) is 0 Å². The maximum atomic E-state index is 12.7. The van der Waals surface area contributed by atoms with Crippen LogP contribution in [0.2, 0.25) is 0 Å². The number of amides is 1. The second kappa shape index (κ2) is 7.41. The van der Waals surface area contributed by atoms with Crippen molar-refractivity contribution in [2.24, 2.45) is 0 Å². The highest BCUT2D eigenvalue weighted by molar-refractivity contribution is 5.78. The highest BCUT2D eigenvalue weighted by atomic mass is 19.1. The van der Waals surface area contributed by atoms with Gasteiger partial charge in [0.05, 0.1) is 19.2 Å². The molecule has 1 N–H and O–H groups in total. The second-order valence-electron chi connectivity index (χ2n) is 3.86. The molecule has 1 aromatic rings. The van der Waals surface area contributed by atoms with Crippen molar-refractivity contribution < 1.29 is 9.18 Å². The summed E-state index contributed by atoms with van der Waals surface area (Å²) >= 11 is 0. The Balaban J connectivity index is 2.37. The van der Waals surface area contributed by atoms with Crippen LogP contribution in [0.3, 0.4) is 0 Å². The van der Waals surface area contributed by atoms with E-state index in [1.165, 1.54) is 12.1 Å². The number of likely N-dealkylation sites (N-methyl/N-ethyl adjacent to an activating group) is 1. The lowest BCUT2D eigenvalue weighted by Gasteiger charge is -2.15. The van der Waals surface area contributed by atoms with Gasteiger partial charge in [-0.1, -0.05) is 19.1 Å². The lowest BCUT2D eigenvalue weighted by atomic mass is 10.2. The first kappa shape index (κ1) is 14.1. The van der Waals surface area contributed by atoms with E-state index in [0.717, 1.165) is 5.56 Å². The molecule has 0 atom stereocenters. The van der Waals surface area contributed by atoms with Crippen molar-refractivity contribution in [2.45, 2.75) is 13.5 Å². The molecule has 0 aliphatic carbocycles. The fourth-order valence-electron chi connectivity index (χ4n) is 1.44. The monoisotopic (exact) mass is 249 g/mol. The quantitative estimate of drug-likeness (QED) is 0.773. The minimum atomic E-state index is -0.295. The average Bonchev–Trinajstić information content (AvgIpc) is 2.37. The van der Waals surface area contributed by atoms with E-state index < -0.39 is 0 Å². The standard InChI is InChI=1S/C13H16FN3O/c1-2-17(8-7-15)10-13(18)16-9-11-3-5-12(14)6-4-11/h3-6H,2,8-10H2,1H3,(H,16,18). The average molecular weight is 249 g/mol. The van der Waals surface area contributed by atoms with Gasteiger partial charge >= 0.3 is 0 Å². The van der Waals surface area contributed by atoms with Crippen LogP contribution in [0, 0.1) is 17.1 Å². The van der Waals surface area contributed by atoms with Crippen molar-refractivity contribution in [1.29, 1.82) is 5.26 Å². The maximum absolute atomic E-state index is 12.7. The summed E-state index contributed by atoms with van der Waals surface area (Å²) < 4.78 is 12.7. The van der Waals surface area contributed by atoms with Crippen LogP contribution < -0.4 is 5.32 Å². The van der Waals surface area contributed by atoms with Crippen LogP contribution in [0.4, 0.5) is 4.39 Å². The molecule has 0 radical (unpaired) electrons. The second-order valence-corrected chi connectivity index (χ2v) is 3.86. The maximum Gasteiger partial charge on any atom is 0.234 e. The molecule has 1 aromatic carbocycles. The van der Waals surface area contributed by atoms with Gasteiger partial charge in [-0.05, 0) is 24.2 Å². The van der Waals surface area contributed by atoms with E-state index in [1.807, 2.05) is 13.0 Å². The Bertz CT molecular complexity index is 425. The van der Waals surface area contributed by atoms with Crippen LogP contribution in [-0.4, -0.2) is 30.4 Å². The fourth-order valence-corrected chi connectivity index (χ4v) is 1.44. The molecule has 5 heteroatoms. The topological polar surface area (TPSA) is 56.1 Å². The van der Waals surface area contributed by atoms with Crippen LogP contribution in [0.5, 0.6) is 0 Å². The summed E-state index contributed by atoms with van der Waals surface area (Å²) in [7, 11) is 0. The van der Waals surface area contributed by atoms with E-state index in [4.69, 9.17) is 5.26 Å². The van der Waals surface area contributed by atoms with Crippen LogP contribution in [0.25, 0.3) is 0 Å². The lowest BCUT2D eigenvalue weighted by Crippen LogP contribution is -2.37. The largest absolute Gasteiger partial charge is 0.351 e. The SMILES string of the molecule is CCN(CC#N)CC(=O)NCc1ccc(F)cc1. The van der Waals surface area contributed by atoms with Crippen molar-refractivity contribution in [3.05, 3.63) is 35.6 Å². The molecular weight excluding hydrogens is 233 g/mol. The zero-order valence-corrected chi connectivity index (χ0v) is 10.3. The Morgan fingerprint density at radius 3 is 2.67 bits per heavy atom. The number of rotatable bonds is 6. The molecule has 0 aromatic heterocycles. The predicted molar refractivity (Wildman–Crippen MR) is 66.0 cm³/mol. The number of nitriles is 1. The number of carbonyl (C=O) groups excluding carboxylic acids is 1. The molecule has 0 bridgehead atoms. The van der Waals surface area contributed by atoms with Gasteiger partial charge in [0.25, 0.3) is 0 Å². The molecule has 0 saturated carbocycles. The van der Waals surface area contributed by atoms with Gasteiger partial charge in [0.1, 0.15) is 5.82 Å². The summed E-state index contributed by atoms with van der Waals surface area (Å²) in [4.78, 5) is 13.3. The Labute approximate surface area is 106 Å². The molecule has 0 saturated heterocycles. The Hall–Kier alpha value is -1.93. The van der Waals surface area contributed by atoms with Gasteiger partial charge in [0.2, 0.25) is 5.91 Å². The summed E-state index contributed by atoms with van der Waals surface area (Å²) in [6.45, 7) is 3.34. The van der Waals surface area contributed by atoms with Gasteiger partial charge in [0, 0.05) is 6.54 Å². The normalized spacial score (nSPS) is 10.1. The smallest absolute Gasteiger partial charge is 0.234 e. The van der Waals surface area contributed by atoms with Crippen LogP contribution in [-0.2, 0) is 11.3 Å². The lowest BCUT2D eigenvalue weighted by molar-refractivity contribution is -0.122. The molecule has 0 aliphatic rings. The predicted octanol–water partition coefficient (Wildman–Crippen LogP) is 1.29. The van der Waals surface area contributed by atoms with E-state index >= 15 is 0 Å². The van der Waals surface area contributed by atoms with Crippen molar-refractivity contribution in [2.75, 3.05) is 19.6 Å². The molecule has 0 spiro atoms. The first-order valence-electron chi connectivity index (χ1n) is 5.76. The summed E-state index contributed by atoms with van der Waals surface area (Å²) in [6.07, 6.45) is 0. The number of halogens is 1. The van der Waals surface area contributed by atoms with E-state index in [-0.39, 0.29) is 24.8 Å². The van der Waals surface area contributed by atoms with E-state index in [0.29, 0.717) is 13.1 Å². The third kappa shape index (κ3) is 4.93. The summed E-state index contributed by atoms with van der Waals surface area (Å²) in [5.41, 5.74) is 0.841. The zero-order chi connectivity index (χ0) is 13.4.